The van der Waals surface area contributed by atoms with Crippen molar-refractivity contribution in [2.75, 3.05) is 11.9 Å². The highest BCUT2D eigenvalue weighted by molar-refractivity contribution is 7.80. The first-order valence-corrected chi connectivity index (χ1v) is 6.56. The van der Waals surface area contributed by atoms with Gasteiger partial charge in [0.15, 0.2) is 5.88 Å². The molecule has 0 aromatic heterocycles. The summed E-state index contributed by atoms with van der Waals surface area (Å²) in [5.74, 6) is -0.108. The Kier molecular flexibility index (Phi) is 4.60. The van der Waals surface area contributed by atoms with Crippen LogP contribution in [0.25, 0.3) is 10.8 Å². The summed E-state index contributed by atoms with van der Waals surface area (Å²) in [5, 5.41) is 17.3. The fourth-order valence-electron chi connectivity index (χ4n) is 1.74. The van der Waals surface area contributed by atoms with Crippen LogP contribution < -0.4 is 10.6 Å². The predicted octanol–water partition coefficient (Wildman–Crippen LogP) is 3.76. The molecule has 0 saturated heterocycles. The highest BCUT2D eigenvalue weighted by Crippen LogP contribution is 2.22. The zero-order valence-electron chi connectivity index (χ0n) is 10.1. The lowest BCUT2D eigenvalue weighted by Crippen LogP contribution is -2.26. The summed E-state index contributed by atoms with van der Waals surface area (Å²) < 4.78 is 0. The lowest BCUT2D eigenvalue weighted by Gasteiger charge is -2.11. The van der Waals surface area contributed by atoms with E-state index < -0.39 is 0 Å². The van der Waals surface area contributed by atoms with E-state index in [4.69, 9.17) is 23.8 Å². The topological polar surface area (TPSA) is 44.3 Å². The molecular weight excluding hydrogens is 280 g/mol. The maximum Gasteiger partial charge on any atom is 0.196 e. The molecule has 0 saturated carbocycles. The number of rotatable bonds is 4. The fraction of sp³-hybridized carbons (Fsp3) is 0.0714. The van der Waals surface area contributed by atoms with Gasteiger partial charge in [0.25, 0.3) is 0 Å². The van der Waals surface area contributed by atoms with E-state index in [-0.39, 0.29) is 5.88 Å². The molecule has 0 aliphatic heterocycles. The van der Waals surface area contributed by atoms with E-state index in [9.17, 15) is 5.11 Å². The molecule has 2 rings (SSSR count). The molecule has 0 spiro atoms. The Morgan fingerprint density at radius 1 is 1.21 bits per heavy atom. The Balaban J connectivity index is 2.11. The number of aliphatic hydroxyl groups is 1. The maximum absolute atomic E-state index is 9.18. The van der Waals surface area contributed by atoms with E-state index in [1.54, 1.807) is 0 Å². The minimum atomic E-state index is -0.108. The highest BCUT2D eigenvalue weighted by atomic mass is 35.5. The third-order valence-corrected chi connectivity index (χ3v) is 3.05. The first-order valence-electron chi connectivity index (χ1n) is 5.71. The number of benzene rings is 2. The van der Waals surface area contributed by atoms with Crippen LogP contribution in [0.3, 0.4) is 0 Å². The van der Waals surface area contributed by atoms with Crippen molar-refractivity contribution in [3.05, 3.63) is 53.9 Å². The number of aliphatic hydroxyl groups excluding tert-OH is 1. The number of nitrogens with one attached hydrogen (secondary N) is 2. The molecule has 0 heterocycles. The summed E-state index contributed by atoms with van der Waals surface area (Å²) in [6, 6.07) is 14.0. The second-order valence-electron chi connectivity index (χ2n) is 3.92. The average Bonchev–Trinajstić information content (AvgIpc) is 2.45. The van der Waals surface area contributed by atoms with Gasteiger partial charge in [-0.1, -0.05) is 60.2 Å². The van der Waals surface area contributed by atoms with Crippen LogP contribution in [0.4, 0.5) is 5.69 Å². The van der Waals surface area contributed by atoms with Crippen molar-refractivity contribution in [2.24, 2.45) is 0 Å². The monoisotopic (exact) mass is 292 g/mol. The lowest BCUT2D eigenvalue weighted by atomic mass is 10.1. The second kappa shape index (κ2) is 6.41. The van der Waals surface area contributed by atoms with E-state index in [2.05, 4.69) is 10.6 Å². The van der Waals surface area contributed by atoms with Crippen molar-refractivity contribution in [3.8, 4) is 0 Å². The first kappa shape index (κ1) is 13.6. The molecule has 0 aliphatic carbocycles. The summed E-state index contributed by atoms with van der Waals surface area (Å²) in [5.41, 5.74) is 2.00. The molecule has 3 nitrogen and oxygen atoms in total. The molecule has 0 radical (unpaired) electrons. The minimum Gasteiger partial charge on any atom is -0.494 e. The van der Waals surface area contributed by atoms with Crippen molar-refractivity contribution >= 4 is 45.3 Å². The highest BCUT2D eigenvalue weighted by Gasteiger charge is 2.02. The molecule has 98 valence electrons. The van der Waals surface area contributed by atoms with Crippen molar-refractivity contribution in [1.82, 2.24) is 5.32 Å². The van der Waals surface area contributed by atoms with Crippen LogP contribution in [0.15, 0.2) is 53.9 Å². The van der Waals surface area contributed by atoms with E-state index in [1.165, 1.54) is 0 Å². The van der Waals surface area contributed by atoms with E-state index in [1.807, 2.05) is 42.5 Å². The molecule has 19 heavy (non-hydrogen) atoms. The van der Waals surface area contributed by atoms with Gasteiger partial charge in [0.1, 0.15) is 0 Å². The van der Waals surface area contributed by atoms with Crippen molar-refractivity contribution in [3.63, 3.8) is 0 Å². The predicted molar refractivity (Wildman–Crippen MR) is 84.7 cm³/mol. The number of thiocarbonyl (C=S) groups is 1. The summed E-state index contributed by atoms with van der Waals surface area (Å²) in [4.78, 5) is 0.571. The third-order valence-electron chi connectivity index (χ3n) is 2.60. The van der Waals surface area contributed by atoms with Gasteiger partial charge in [0, 0.05) is 11.1 Å². The third kappa shape index (κ3) is 3.59. The number of fused-ring (bicyclic) bond motifs is 1. The minimum absolute atomic E-state index is 0.108. The Hall–Kier alpha value is -1.78. The van der Waals surface area contributed by atoms with E-state index in [0.29, 0.717) is 11.5 Å². The Labute approximate surface area is 121 Å². The van der Waals surface area contributed by atoms with Crippen LogP contribution in [0, 0.1) is 0 Å². The van der Waals surface area contributed by atoms with E-state index >= 15 is 0 Å². The summed E-state index contributed by atoms with van der Waals surface area (Å²) in [6.07, 6.45) is 0. The van der Waals surface area contributed by atoms with Gasteiger partial charge in [-0.05, 0) is 11.5 Å². The standard InChI is InChI=1S/C14H13ClN2OS/c15-8-13(18)16-9-14(19)17-12-7-3-5-10-4-1-2-6-11(10)12/h1-8,16,18H,9H2,(H,17,19)/b13-8-. The molecule has 0 fully saturated rings. The Morgan fingerprint density at radius 3 is 2.74 bits per heavy atom. The number of anilines is 1. The number of halogens is 1. The average molecular weight is 293 g/mol. The van der Waals surface area contributed by atoms with Gasteiger partial charge >= 0.3 is 0 Å². The summed E-state index contributed by atoms with van der Waals surface area (Å²) in [6.45, 7) is 0.313. The SMILES string of the molecule is O/C(=C\Cl)NCC(=S)Nc1cccc2ccccc12. The number of hydrogen-bond acceptors (Lipinski definition) is 3. The van der Waals surface area contributed by atoms with Crippen LogP contribution in [0.1, 0.15) is 0 Å². The van der Waals surface area contributed by atoms with Crippen LogP contribution in [0.5, 0.6) is 0 Å². The maximum atomic E-state index is 9.18. The molecule has 2 aromatic carbocycles. The van der Waals surface area contributed by atoms with Crippen LogP contribution >= 0.6 is 23.8 Å². The van der Waals surface area contributed by atoms with Gasteiger partial charge in [-0.3, -0.25) is 0 Å². The molecule has 0 amide bonds. The molecular formula is C14H13ClN2OS. The van der Waals surface area contributed by atoms with Crippen LogP contribution in [-0.2, 0) is 0 Å². The van der Waals surface area contributed by atoms with Crippen molar-refractivity contribution in [2.45, 2.75) is 0 Å². The van der Waals surface area contributed by atoms with E-state index in [0.717, 1.165) is 22.0 Å². The lowest BCUT2D eigenvalue weighted by molar-refractivity contribution is 0.374. The van der Waals surface area contributed by atoms with Crippen LogP contribution in [-0.4, -0.2) is 16.6 Å². The molecule has 2 aromatic rings. The zero-order chi connectivity index (χ0) is 13.7. The molecule has 0 bridgehead atoms. The van der Waals surface area contributed by atoms with Gasteiger partial charge in [-0.25, -0.2) is 0 Å². The molecule has 0 unspecified atom stereocenters. The Bertz CT molecular complexity index is 622. The summed E-state index contributed by atoms with van der Waals surface area (Å²) >= 11 is 10.5. The van der Waals surface area contributed by atoms with Gasteiger partial charge in [0.2, 0.25) is 0 Å². The quantitative estimate of drug-likeness (QED) is 0.593. The second-order valence-corrected chi connectivity index (χ2v) is 4.63. The smallest absolute Gasteiger partial charge is 0.196 e. The molecule has 3 N–H and O–H groups in total. The van der Waals surface area contributed by atoms with Gasteiger partial charge in [-0.2, -0.15) is 0 Å². The molecule has 5 heteroatoms. The first-order chi connectivity index (χ1) is 9.20. The van der Waals surface area contributed by atoms with Gasteiger partial charge in [-0.15, -0.1) is 0 Å². The largest absolute Gasteiger partial charge is 0.494 e. The Morgan fingerprint density at radius 2 is 1.95 bits per heavy atom. The molecule has 0 atom stereocenters. The van der Waals surface area contributed by atoms with Crippen LogP contribution in [0.2, 0.25) is 0 Å². The van der Waals surface area contributed by atoms with Crippen molar-refractivity contribution in [1.29, 1.82) is 0 Å². The summed E-state index contributed by atoms with van der Waals surface area (Å²) in [7, 11) is 0. The normalized spacial score (nSPS) is 11.3. The fourth-order valence-corrected chi connectivity index (χ4v) is 2.00. The van der Waals surface area contributed by atoms with Crippen molar-refractivity contribution < 1.29 is 5.11 Å². The number of hydrogen-bond donors (Lipinski definition) is 3. The molecule has 0 aliphatic rings. The van der Waals surface area contributed by atoms with Gasteiger partial charge < -0.3 is 15.7 Å². The zero-order valence-corrected chi connectivity index (χ0v) is 11.6. The van der Waals surface area contributed by atoms with Gasteiger partial charge in [0.05, 0.1) is 17.1 Å².